The van der Waals surface area contributed by atoms with Crippen molar-refractivity contribution in [3.63, 3.8) is 0 Å². The van der Waals surface area contributed by atoms with E-state index >= 15 is 0 Å². The van der Waals surface area contributed by atoms with Crippen LogP contribution >= 0.6 is 66.4 Å². The molecule has 3 saturated carbocycles. The van der Waals surface area contributed by atoms with Crippen LogP contribution in [0, 0.1) is 17.3 Å². The maximum atomic E-state index is 10.4. The second-order valence-corrected chi connectivity index (χ2v) is 42.7. The summed E-state index contributed by atoms with van der Waals surface area (Å²) in [7, 11) is -1.17. The van der Waals surface area contributed by atoms with Crippen LogP contribution in [-0.4, -0.2) is 110 Å². The fourth-order valence-corrected chi connectivity index (χ4v) is 11.6. The van der Waals surface area contributed by atoms with Crippen molar-refractivity contribution >= 4 is 146 Å². The van der Waals surface area contributed by atoms with Crippen LogP contribution in [0.15, 0.2) is 140 Å². The SMILES string of the molecule is BrCc1coc2ccccc12.BrP(Br)Br.CC1(C)OB(B2OC(C)(C)C(C)(C)O2)OC1(C)C.CC1(C)OB(Cc2coc3ccccc23)OC1(C)C.CC1(C)[C@@H]2C[C@@H](O)[C@@](C)(O)[C@H]1C2.CCOCC.O=Cc1coc2ccccc12.OCc1coc2ccccc12.[B].[H-].[Na+]. The molecular formula is C68H93B4Br4NaO15P. The summed E-state index contributed by atoms with van der Waals surface area (Å²) in [6.45, 7) is 36.4. The van der Waals surface area contributed by atoms with Crippen LogP contribution in [0.4, 0.5) is 0 Å². The quantitative estimate of drug-likeness (QED) is 0.0562. The van der Waals surface area contributed by atoms with Gasteiger partial charge in [0.25, 0.3) is 0 Å². The van der Waals surface area contributed by atoms with Crippen molar-refractivity contribution in [2.75, 3.05) is 13.2 Å². The molecule has 25 heteroatoms. The Balaban J connectivity index is 0.000000288. The summed E-state index contributed by atoms with van der Waals surface area (Å²) in [6.07, 6.45) is 9.52. The smallest absolute Gasteiger partial charge is 1.00 e. The second kappa shape index (κ2) is 35.3. The van der Waals surface area contributed by atoms with E-state index in [1.54, 1.807) is 25.7 Å². The number of carbonyl (C=O) groups is 1. The summed E-state index contributed by atoms with van der Waals surface area (Å²) in [5.41, 5.74) is 4.65. The van der Waals surface area contributed by atoms with E-state index < -0.39 is 25.7 Å². The number of aliphatic hydroxyl groups is 3. The van der Waals surface area contributed by atoms with E-state index in [1.807, 2.05) is 154 Å². The summed E-state index contributed by atoms with van der Waals surface area (Å²) in [4.78, 5) is 10.4. The first-order valence-corrected chi connectivity index (χ1v) is 39.3. The molecule has 3 aliphatic carbocycles. The van der Waals surface area contributed by atoms with E-state index in [1.165, 1.54) is 17.2 Å². The van der Waals surface area contributed by atoms with E-state index in [0.29, 0.717) is 23.7 Å². The summed E-state index contributed by atoms with van der Waals surface area (Å²) >= 11 is 12.9. The number of aldehydes is 1. The Morgan fingerprint density at radius 1 is 0.548 bits per heavy atom. The number of alkyl halides is 1. The molecular weight excluding hydrogens is 1470 g/mol. The van der Waals surface area contributed by atoms with E-state index in [2.05, 4.69) is 116 Å². The molecule has 93 heavy (non-hydrogen) atoms. The van der Waals surface area contributed by atoms with Crippen LogP contribution in [-0.2, 0) is 50.9 Å². The average molecular weight is 1570 g/mol. The first kappa shape index (κ1) is 83.3. The number of fused-ring (bicyclic) bond motifs is 6. The summed E-state index contributed by atoms with van der Waals surface area (Å²) in [5.74, 6) is 0.913. The zero-order valence-corrected chi connectivity index (χ0v) is 66.6. The fourth-order valence-electron chi connectivity index (χ4n) is 11.2. The molecule has 6 fully saturated rings. The molecule has 3 saturated heterocycles. The molecule has 0 spiro atoms. The van der Waals surface area contributed by atoms with Crippen molar-refractivity contribution in [1.82, 2.24) is 0 Å². The molecule has 14 rings (SSSR count). The van der Waals surface area contributed by atoms with Crippen LogP contribution in [0.3, 0.4) is 0 Å². The van der Waals surface area contributed by atoms with E-state index in [-0.39, 0.29) is 96.2 Å². The molecule has 0 unspecified atom stereocenters. The van der Waals surface area contributed by atoms with E-state index in [4.69, 9.17) is 55.4 Å². The molecule has 3 aliphatic heterocycles. The molecule has 7 heterocycles. The van der Waals surface area contributed by atoms with Gasteiger partial charge in [-0.15, -0.1) is 0 Å². The molecule has 0 amide bonds. The van der Waals surface area contributed by atoms with Crippen molar-refractivity contribution in [1.29, 1.82) is 0 Å². The van der Waals surface area contributed by atoms with Crippen LogP contribution in [0.5, 0.6) is 0 Å². The molecule has 501 valence electrons. The van der Waals surface area contributed by atoms with Gasteiger partial charge in [-0.1, -0.05) is 103 Å². The summed E-state index contributed by atoms with van der Waals surface area (Å²) in [6, 6.07) is 31.2. The number of furan rings is 4. The Labute approximate surface area is 611 Å². The van der Waals surface area contributed by atoms with Gasteiger partial charge in [-0.2, -0.15) is 0 Å². The topological polar surface area (TPSA) is 195 Å². The number of para-hydroxylation sites is 4. The Bertz CT molecular complexity index is 3420. The van der Waals surface area contributed by atoms with Gasteiger partial charge in [0.1, 0.15) is 32.6 Å². The maximum Gasteiger partial charge on any atom is 1.00 e. The van der Waals surface area contributed by atoms with Gasteiger partial charge >= 0.3 is 50.7 Å². The molecule has 2 bridgehead atoms. The van der Waals surface area contributed by atoms with Crippen LogP contribution in [0.1, 0.15) is 159 Å². The van der Waals surface area contributed by atoms with Crippen molar-refractivity contribution in [3.05, 3.63) is 144 Å². The number of halogens is 4. The largest absolute Gasteiger partial charge is 1.00 e. The van der Waals surface area contributed by atoms with E-state index in [0.717, 1.165) is 87.3 Å². The standard InChI is InChI=1S/C15H19BO3.C12H24B2O4.C10H18O2.C9H7BrO.C9H8O2.C9H6O2.C4H10O.B.Br3P.Na.H/c1-14(2)15(3,4)19-16(18-14)9-11-10-17-13-8-6-5-7-12(11)13;1-9(2)10(3,4)16-13(15-9)14-17-11(5,6)12(7,8)18-14;1-9(2)6-4-7(9)10(3,12)8(11)5-6;3*10-5-7-6-11-9-4-2-1-3-8(7)9;1-3-5-4-2;;1-4(2)3;;/h5-8,10H,9H2,1-4H3;1-8H3;6-8,11-12H,4-5H2,1-3H3;1-4,6H,5H2;1-4,6,10H,5H2;1-6H;3-4H2,1-2H3;;;;/q;;;;;;;;;+1;-1/t;;6-,7-,8+,10-;;;;;;;;/m..0......../s1. The van der Waals surface area contributed by atoms with Crippen molar-refractivity contribution in [3.8, 4) is 0 Å². The fraction of sp³-hybridized carbons (Fsp3) is 0.515. The van der Waals surface area contributed by atoms with Crippen LogP contribution < -0.4 is 29.6 Å². The normalized spacial score (nSPS) is 22.3. The number of hydrogen-bond donors (Lipinski definition) is 3. The molecule has 3 radical (unpaired) electrons. The van der Waals surface area contributed by atoms with Gasteiger partial charge in [0.15, 0.2) is 6.29 Å². The second-order valence-electron chi connectivity index (χ2n) is 26.8. The van der Waals surface area contributed by atoms with Gasteiger partial charge in [0.05, 0.1) is 76.3 Å². The minimum atomic E-state index is -0.849. The van der Waals surface area contributed by atoms with Crippen molar-refractivity contribution in [2.24, 2.45) is 17.3 Å². The summed E-state index contributed by atoms with van der Waals surface area (Å²) in [5, 5.41) is 33.6. The number of ether oxygens (including phenoxy) is 1. The number of aliphatic hydroxyl groups excluding tert-OH is 2. The Hall–Kier alpha value is -2.08. The first-order valence-electron chi connectivity index (χ1n) is 30.8. The van der Waals surface area contributed by atoms with Crippen molar-refractivity contribution in [2.45, 2.75) is 194 Å². The Kier molecular flexibility index (Phi) is 31.6. The minimum Gasteiger partial charge on any atom is -1.00 e. The van der Waals surface area contributed by atoms with Gasteiger partial charge < -0.3 is 67.1 Å². The Morgan fingerprint density at radius 2 is 0.882 bits per heavy atom. The number of rotatable bonds is 8. The van der Waals surface area contributed by atoms with Gasteiger partial charge in [0, 0.05) is 65.9 Å². The zero-order valence-electron chi connectivity index (χ0n) is 58.3. The Morgan fingerprint density at radius 3 is 1.23 bits per heavy atom. The minimum absolute atomic E-state index is 0. The molecule has 4 atom stereocenters. The third kappa shape index (κ3) is 20.8. The van der Waals surface area contributed by atoms with Gasteiger partial charge in [-0.25, -0.2) is 0 Å². The van der Waals surface area contributed by atoms with Gasteiger partial charge in [-0.3, -0.25) is 4.79 Å². The monoisotopic (exact) mass is 1560 g/mol. The third-order valence-corrected chi connectivity index (χ3v) is 19.5. The number of benzene rings is 4. The summed E-state index contributed by atoms with van der Waals surface area (Å²) < 4.78 is 61.7. The average Bonchev–Trinajstić information content (AvgIpc) is 1.18. The first-order chi connectivity index (χ1) is 42.5. The van der Waals surface area contributed by atoms with Gasteiger partial charge in [0.2, 0.25) is 0 Å². The molecule has 15 nitrogen and oxygen atoms in total. The molecule has 8 aromatic rings. The number of carbonyl (C=O) groups excluding carboxylic acids is 1. The van der Waals surface area contributed by atoms with Gasteiger partial charge in [-0.05, 0) is 210 Å². The maximum absolute atomic E-state index is 10.4. The van der Waals surface area contributed by atoms with Crippen molar-refractivity contribution < 1.29 is 101 Å². The zero-order chi connectivity index (χ0) is 67.5. The van der Waals surface area contributed by atoms with Crippen LogP contribution in [0.2, 0.25) is 0 Å². The van der Waals surface area contributed by atoms with Crippen LogP contribution in [0.25, 0.3) is 43.9 Å². The predicted molar refractivity (Wildman–Crippen MR) is 390 cm³/mol. The molecule has 3 N–H and O–H groups in total. The number of hydrogen-bond acceptors (Lipinski definition) is 15. The predicted octanol–water partition coefficient (Wildman–Crippen LogP) is 15.7. The molecule has 6 aliphatic rings. The molecule has 4 aromatic heterocycles. The van der Waals surface area contributed by atoms with E-state index in [9.17, 15) is 15.0 Å². The molecule has 4 aromatic carbocycles. The third-order valence-electron chi connectivity index (χ3n) is 18.9.